The van der Waals surface area contributed by atoms with Crippen molar-refractivity contribution in [1.82, 2.24) is 10.2 Å². The van der Waals surface area contributed by atoms with Gasteiger partial charge < -0.3 is 10.2 Å². The van der Waals surface area contributed by atoms with Crippen LogP contribution in [0, 0.1) is 5.92 Å². The van der Waals surface area contributed by atoms with E-state index in [0.717, 1.165) is 12.0 Å². The van der Waals surface area contributed by atoms with E-state index in [9.17, 15) is 0 Å². The highest BCUT2D eigenvalue weighted by molar-refractivity contribution is 4.76. The van der Waals surface area contributed by atoms with Crippen LogP contribution in [0.1, 0.15) is 52.4 Å². The molecular formula is C14H30N2. The molecule has 0 aliphatic heterocycles. The van der Waals surface area contributed by atoms with Crippen LogP contribution in [0.5, 0.6) is 0 Å². The normalized spacial score (nSPS) is 26.2. The second-order valence-corrected chi connectivity index (χ2v) is 5.50. The number of nitrogens with zero attached hydrogens (tertiary/aromatic N) is 1. The first-order chi connectivity index (χ1) is 7.74. The first kappa shape index (κ1) is 14.0. The Kier molecular flexibility index (Phi) is 7.06. The molecule has 0 unspecified atom stereocenters. The molecule has 0 aromatic carbocycles. The molecule has 96 valence electrons. The fourth-order valence-electron chi connectivity index (χ4n) is 2.62. The maximum absolute atomic E-state index is 3.47. The summed E-state index contributed by atoms with van der Waals surface area (Å²) in [7, 11) is 2.31. The molecule has 1 aliphatic rings. The molecule has 1 rings (SSSR count). The predicted octanol–water partition coefficient (Wildman–Crippen LogP) is 2.89. The molecular weight excluding hydrogens is 196 g/mol. The summed E-state index contributed by atoms with van der Waals surface area (Å²) in [6.07, 6.45) is 8.24. The zero-order valence-electron chi connectivity index (χ0n) is 11.5. The minimum absolute atomic E-state index is 0.863. The van der Waals surface area contributed by atoms with Gasteiger partial charge in [0.05, 0.1) is 0 Å². The Balaban J connectivity index is 2.03. The molecule has 0 radical (unpaired) electrons. The molecule has 0 saturated heterocycles. The minimum atomic E-state index is 0.863. The highest BCUT2D eigenvalue weighted by Gasteiger charge is 2.20. The Labute approximate surface area is 102 Å². The molecule has 0 bridgehead atoms. The third-order valence-corrected chi connectivity index (χ3v) is 3.90. The minimum Gasteiger partial charge on any atom is -0.317 e. The second-order valence-electron chi connectivity index (χ2n) is 5.50. The Morgan fingerprint density at radius 1 is 1.12 bits per heavy atom. The Bertz CT molecular complexity index is 162. The smallest absolute Gasteiger partial charge is 0.00924 e. The lowest BCUT2D eigenvalue weighted by atomic mass is 9.87. The van der Waals surface area contributed by atoms with Crippen molar-refractivity contribution in [2.24, 2.45) is 5.92 Å². The van der Waals surface area contributed by atoms with Crippen LogP contribution in [0.2, 0.25) is 0 Å². The number of nitrogens with one attached hydrogen (secondary N) is 1. The highest BCUT2D eigenvalue weighted by atomic mass is 15.1. The number of rotatable bonds is 7. The van der Waals surface area contributed by atoms with Crippen molar-refractivity contribution in [1.29, 1.82) is 0 Å². The highest BCUT2D eigenvalue weighted by Crippen LogP contribution is 2.26. The van der Waals surface area contributed by atoms with E-state index in [-0.39, 0.29) is 0 Å². The first-order valence-corrected chi connectivity index (χ1v) is 7.15. The average Bonchev–Trinajstić information content (AvgIpc) is 2.29. The monoisotopic (exact) mass is 226 g/mol. The molecule has 0 heterocycles. The van der Waals surface area contributed by atoms with Crippen molar-refractivity contribution in [3.63, 3.8) is 0 Å². The fourth-order valence-corrected chi connectivity index (χ4v) is 2.62. The standard InChI is InChI=1S/C14H30N2/c1-4-10-15-11-5-12-16(3)14-8-6-13(2)7-9-14/h13-15H,4-12H2,1-3H3. The lowest BCUT2D eigenvalue weighted by molar-refractivity contribution is 0.168. The molecule has 2 nitrogen and oxygen atoms in total. The molecule has 0 atom stereocenters. The van der Waals surface area contributed by atoms with Crippen molar-refractivity contribution in [2.45, 2.75) is 58.4 Å². The number of hydrogen-bond donors (Lipinski definition) is 1. The quantitative estimate of drug-likeness (QED) is 0.672. The lowest BCUT2D eigenvalue weighted by Gasteiger charge is -2.33. The average molecular weight is 226 g/mol. The molecule has 16 heavy (non-hydrogen) atoms. The van der Waals surface area contributed by atoms with Crippen molar-refractivity contribution >= 4 is 0 Å². The molecule has 0 spiro atoms. The molecule has 0 aromatic heterocycles. The van der Waals surface area contributed by atoms with Gasteiger partial charge in [-0.3, -0.25) is 0 Å². The fraction of sp³-hybridized carbons (Fsp3) is 1.00. The summed E-state index contributed by atoms with van der Waals surface area (Å²) in [5.41, 5.74) is 0. The molecule has 1 N–H and O–H groups in total. The van der Waals surface area contributed by atoms with Crippen molar-refractivity contribution in [3.8, 4) is 0 Å². The van der Waals surface area contributed by atoms with Crippen LogP contribution in [0.25, 0.3) is 0 Å². The molecule has 2 heteroatoms. The molecule has 0 aromatic rings. The summed E-state index contributed by atoms with van der Waals surface area (Å²) in [5.74, 6) is 0.968. The summed E-state index contributed by atoms with van der Waals surface area (Å²) in [5, 5.41) is 3.47. The SMILES string of the molecule is CCCNCCCN(C)C1CCC(C)CC1. The zero-order valence-corrected chi connectivity index (χ0v) is 11.5. The van der Waals surface area contributed by atoms with Gasteiger partial charge >= 0.3 is 0 Å². The van der Waals surface area contributed by atoms with Crippen molar-refractivity contribution < 1.29 is 0 Å². The Hall–Kier alpha value is -0.0800. The predicted molar refractivity (Wildman–Crippen MR) is 71.8 cm³/mol. The summed E-state index contributed by atoms with van der Waals surface area (Å²) in [4.78, 5) is 2.58. The summed E-state index contributed by atoms with van der Waals surface area (Å²) >= 11 is 0. The van der Waals surface area contributed by atoms with E-state index >= 15 is 0 Å². The van der Waals surface area contributed by atoms with Crippen LogP contribution in [0.15, 0.2) is 0 Å². The topological polar surface area (TPSA) is 15.3 Å². The van der Waals surface area contributed by atoms with Crippen molar-refractivity contribution in [3.05, 3.63) is 0 Å². The lowest BCUT2D eigenvalue weighted by Crippen LogP contribution is -2.36. The van der Waals surface area contributed by atoms with Gasteiger partial charge in [-0.1, -0.05) is 13.8 Å². The molecule has 1 aliphatic carbocycles. The molecule has 0 amide bonds. The summed E-state index contributed by atoms with van der Waals surface area (Å²) < 4.78 is 0. The maximum Gasteiger partial charge on any atom is 0.00924 e. The van der Waals surface area contributed by atoms with Crippen LogP contribution in [-0.2, 0) is 0 Å². The van der Waals surface area contributed by atoms with Gasteiger partial charge in [-0.05, 0) is 71.1 Å². The summed E-state index contributed by atoms with van der Waals surface area (Å²) in [6.45, 7) is 8.23. The van der Waals surface area contributed by atoms with Crippen molar-refractivity contribution in [2.75, 3.05) is 26.7 Å². The Morgan fingerprint density at radius 3 is 2.44 bits per heavy atom. The van der Waals surface area contributed by atoms with E-state index in [0.29, 0.717) is 0 Å². The van der Waals surface area contributed by atoms with Crippen LogP contribution < -0.4 is 5.32 Å². The first-order valence-electron chi connectivity index (χ1n) is 7.15. The zero-order chi connectivity index (χ0) is 11.8. The van der Waals surface area contributed by atoms with E-state index in [1.165, 1.54) is 58.2 Å². The molecule has 1 fully saturated rings. The van der Waals surface area contributed by atoms with Gasteiger partial charge in [0.25, 0.3) is 0 Å². The largest absolute Gasteiger partial charge is 0.317 e. The van der Waals surface area contributed by atoms with Gasteiger partial charge in [-0.15, -0.1) is 0 Å². The van der Waals surface area contributed by atoms with Gasteiger partial charge in [0.1, 0.15) is 0 Å². The maximum atomic E-state index is 3.47. The van der Waals surface area contributed by atoms with Crippen LogP contribution in [-0.4, -0.2) is 37.6 Å². The van der Waals surface area contributed by atoms with Gasteiger partial charge in [0.2, 0.25) is 0 Å². The van der Waals surface area contributed by atoms with Crippen LogP contribution in [0.3, 0.4) is 0 Å². The van der Waals surface area contributed by atoms with E-state index in [1.54, 1.807) is 0 Å². The third-order valence-electron chi connectivity index (χ3n) is 3.90. The van der Waals surface area contributed by atoms with E-state index in [4.69, 9.17) is 0 Å². The summed E-state index contributed by atoms with van der Waals surface area (Å²) in [6, 6.07) is 0.863. The second kappa shape index (κ2) is 8.08. The van der Waals surface area contributed by atoms with Gasteiger partial charge in [0, 0.05) is 6.04 Å². The van der Waals surface area contributed by atoms with E-state index in [2.05, 4.69) is 31.1 Å². The third kappa shape index (κ3) is 5.31. The van der Waals surface area contributed by atoms with E-state index in [1.807, 2.05) is 0 Å². The number of hydrogen-bond acceptors (Lipinski definition) is 2. The van der Waals surface area contributed by atoms with E-state index < -0.39 is 0 Å². The van der Waals surface area contributed by atoms with Crippen LogP contribution >= 0.6 is 0 Å². The molecule has 1 saturated carbocycles. The van der Waals surface area contributed by atoms with Gasteiger partial charge in [0.15, 0.2) is 0 Å². The van der Waals surface area contributed by atoms with Gasteiger partial charge in [-0.25, -0.2) is 0 Å². The van der Waals surface area contributed by atoms with Gasteiger partial charge in [-0.2, -0.15) is 0 Å². The van der Waals surface area contributed by atoms with Crippen LogP contribution in [0.4, 0.5) is 0 Å². The Morgan fingerprint density at radius 2 is 1.81 bits per heavy atom.